The van der Waals surface area contributed by atoms with Gasteiger partial charge in [0.25, 0.3) is 0 Å². The number of carboxylic acid groups (broad SMARTS) is 1. The number of carbonyl (C=O) groups excluding carboxylic acids is 2. The van der Waals surface area contributed by atoms with Crippen LogP contribution >= 0.6 is 7.82 Å². The van der Waals surface area contributed by atoms with Gasteiger partial charge in [-0.25, -0.2) is 4.57 Å². The molecule has 0 aliphatic carbocycles. The molecular formula is C59H108NO10P. The topological polar surface area (TPSA) is 172 Å². The summed E-state index contributed by atoms with van der Waals surface area (Å²) in [6.07, 6.45) is 64.7. The number of phosphoric ester groups is 1. The molecule has 0 aromatic carbocycles. The largest absolute Gasteiger partial charge is 0.480 e. The van der Waals surface area contributed by atoms with Crippen LogP contribution in [-0.2, 0) is 37.5 Å². The smallest absolute Gasteiger partial charge is 0.472 e. The van der Waals surface area contributed by atoms with Crippen LogP contribution < -0.4 is 5.73 Å². The number of aliphatic carboxylic acids is 1. The highest BCUT2D eigenvalue weighted by Crippen LogP contribution is 2.43. The maximum Gasteiger partial charge on any atom is 0.472 e. The lowest BCUT2D eigenvalue weighted by atomic mass is 10.0. The first-order valence-electron chi connectivity index (χ1n) is 29.2. The Balaban J connectivity index is 4.14. The average Bonchev–Trinajstić information content (AvgIpc) is 3.35. The van der Waals surface area contributed by atoms with E-state index in [0.29, 0.717) is 12.8 Å². The number of phosphoric acid groups is 1. The minimum absolute atomic E-state index is 0.157. The fourth-order valence-corrected chi connectivity index (χ4v) is 9.13. The summed E-state index contributed by atoms with van der Waals surface area (Å²) in [7, 11) is -4.73. The van der Waals surface area contributed by atoms with Crippen LogP contribution in [-0.4, -0.2) is 59.9 Å². The van der Waals surface area contributed by atoms with Gasteiger partial charge in [0.2, 0.25) is 0 Å². The Labute approximate surface area is 435 Å². The van der Waals surface area contributed by atoms with Crippen molar-refractivity contribution in [3.05, 3.63) is 48.6 Å². The zero-order chi connectivity index (χ0) is 52.0. The van der Waals surface area contributed by atoms with Crippen LogP contribution in [0.1, 0.15) is 277 Å². The van der Waals surface area contributed by atoms with E-state index in [1.54, 1.807) is 0 Å². The maximum absolute atomic E-state index is 12.7. The zero-order valence-corrected chi connectivity index (χ0v) is 46.5. The molecule has 0 saturated heterocycles. The summed E-state index contributed by atoms with van der Waals surface area (Å²) in [6.45, 7) is 2.75. The van der Waals surface area contributed by atoms with E-state index >= 15 is 0 Å². The quantitative estimate of drug-likeness (QED) is 0.0229. The molecule has 0 bridgehead atoms. The third-order valence-electron chi connectivity index (χ3n) is 12.8. The summed E-state index contributed by atoms with van der Waals surface area (Å²) in [4.78, 5) is 46.4. The Morgan fingerprint density at radius 3 is 1.18 bits per heavy atom. The highest BCUT2D eigenvalue weighted by molar-refractivity contribution is 7.47. The van der Waals surface area contributed by atoms with Gasteiger partial charge in [0.1, 0.15) is 12.6 Å². The minimum Gasteiger partial charge on any atom is -0.480 e. The Bertz CT molecular complexity index is 1380. The molecule has 11 nitrogen and oxygen atoms in total. The molecule has 0 aliphatic heterocycles. The van der Waals surface area contributed by atoms with Crippen LogP contribution in [0.25, 0.3) is 0 Å². The monoisotopic (exact) mass is 1020 g/mol. The molecule has 0 radical (unpaired) electrons. The van der Waals surface area contributed by atoms with E-state index in [1.807, 2.05) is 0 Å². The number of nitrogens with two attached hydrogens (primary N) is 1. The summed E-state index contributed by atoms with van der Waals surface area (Å²) < 4.78 is 33.0. The minimum atomic E-state index is -4.73. The maximum atomic E-state index is 12.7. The third kappa shape index (κ3) is 53.5. The van der Waals surface area contributed by atoms with Crippen molar-refractivity contribution in [3.63, 3.8) is 0 Å². The SMILES string of the molecule is CC/C=C\C/C=C\C/C=C\C/C=C\CCCCCCCCCCCCC(=O)OC(COC(=O)CCCCCCCCCCCCCCCCCCCCCCCCCC)COP(=O)(O)OCC(N)C(=O)O. The molecule has 12 heteroatoms. The van der Waals surface area contributed by atoms with Gasteiger partial charge in [-0.05, 0) is 51.4 Å². The molecule has 3 unspecified atom stereocenters. The molecule has 0 aromatic heterocycles. The first-order valence-corrected chi connectivity index (χ1v) is 30.7. The van der Waals surface area contributed by atoms with Gasteiger partial charge in [0.05, 0.1) is 13.2 Å². The first-order chi connectivity index (χ1) is 34.6. The van der Waals surface area contributed by atoms with Gasteiger partial charge in [-0.2, -0.15) is 0 Å². The molecule has 414 valence electrons. The van der Waals surface area contributed by atoms with Gasteiger partial charge < -0.3 is 25.2 Å². The predicted octanol–water partition coefficient (Wildman–Crippen LogP) is 17.2. The molecule has 0 heterocycles. The molecule has 71 heavy (non-hydrogen) atoms. The van der Waals surface area contributed by atoms with Gasteiger partial charge in [0.15, 0.2) is 6.10 Å². The van der Waals surface area contributed by atoms with Crippen LogP contribution in [0.5, 0.6) is 0 Å². The number of carboxylic acids is 1. The summed E-state index contributed by atoms with van der Waals surface area (Å²) in [5.41, 5.74) is 5.37. The summed E-state index contributed by atoms with van der Waals surface area (Å²) >= 11 is 0. The molecule has 0 rings (SSSR count). The van der Waals surface area contributed by atoms with Gasteiger partial charge >= 0.3 is 25.7 Å². The molecule has 0 fully saturated rings. The molecular weight excluding hydrogens is 914 g/mol. The van der Waals surface area contributed by atoms with Crippen molar-refractivity contribution in [2.75, 3.05) is 19.8 Å². The van der Waals surface area contributed by atoms with Gasteiger partial charge in [0, 0.05) is 12.8 Å². The predicted molar refractivity (Wildman–Crippen MR) is 295 cm³/mol. The number of esters is 2. The van der Waals surface area contributed by atoms with Crippen LogP contribution in [0.3, 0.4) is 0 Å². The van der Waals surface area contributed by atoms with Crippen LogP contribution in [0.4, 0.5) is 0 Å². The van der Waals surface area contributed by atoms with E-state index in [0.717, 1.165) is 70.6 Å². The second-order valence-electron chi connectivity index (χ2n) is 19.8. The highest BCUT2D eigenvalue weighted by atomic mass is 31.2. The third-order valence-corrected chi connectivity index (χ3v) is 13.8. The fourth-order valence-electron chi connectivity index (χ4n) is 8.35. The molecule has 0 spiro atoms. The van der Waals surface area contributed by atoms with Gasteiger partial charge in [-0.1, -0.05) is 262 Å². The molecule has 0 aliphatic rings. The number of hydrogen-bond acceptors (Lipinski definition) is 9. The summed E-state index contributed by atoms with van der Waals surface area (Å²) in [6, 6.07) is -1.52. The van der Waals surface area contributed by atoms with Crippen LogP contribution in [0, 0.1) is 0 Å². The Morgan fingerprint density at radius 1 is 0.451 bits per heavy atom. The van der Waals surface area contributed by atoms with Crippen molar-refractivity contribution in [3.8, 4) is 0 Å². The lowest BCUT2D eigenvalue weighted by molar-refractivity contribution is -0.161. The second kappa shape index (κ2) is 53.7. The number of carbonyl (C=O) groups is 3. The number of ether oxygens (including phenoxy) is 2. The number of rotatable bonds is 55. The van der Waals surface area contributed by atoms with E-state index < -0.39 is 51.1 Å². The van der Waals surface area contributed by atoms with Crippen molar-refractivity contribution in [2.24, 2.45) is 5.73 Å². The summed E-state index contributed by atoms with van der Waals surface area (Å²) in [5, 5.41) is 8.95. The van der Waals surface area contributed by atoms with E-state index in [2.05, 4.69) is 62.5 Å². The van der Waals surface area contributed by atoms with Crippen molar-refractivity contribution in [2.45, 2.75) is 289 Å². The van der Waals surface area contributed by atoms with Crippen molar-refractivity contribution in [1.29, 1.82) is 0 Å². The van der Waals surface area contributed by atoms with Crippen molar-refractivity contribution < 1.29 is 47.5 Å². The highest BCUT2D eigenvalue weighted by Gasteiger charge is 2.28. The molecule has 0 saturated carbocycles. The zero-order valence-electron chi connectivity index (χ0n) is 45.6. The van der Waals surface area contributed by atoms with E-state index in [4.69, 9.17) is 29.4 Å². The lowest BCUT2D eigenvalue weighted by Crippen LogP contribution is -2.34. The van der Waals surface area contributed by atoms with E-state index in [-0.39, 0.29) is 19.4 Å². The van der Waals surface area contributed by atoms with E-state index in [1.165, 1.54) is 167 Å². The molecule has 3 atom stereocenters. The van der Waals surface area contributed by atoms with Gasteiger partial charge in [-0.15, -0.1) is 0 Å². The molecule has 4 N–H and O–H groups in total. The number of unbranched alkanes of at least 4 members (excludes halogenated alkanes) is 33. The summed E-state index contributed by atoms with van der Waals surface area (Å²) in [5.74, 6) is -2.37. The first kappa shape index (κ1) is 68.4. The number of hydrogen-bond donors (Lipinski definition) is 3. The second-order valence-corrected chi connectivity index (χ2v) is 21.2. The normalized spacial score (nSPS) is 13.7. The Morgan fingerprint density at radius 2 is 0.789 bits per heavy atom. The van der Waals surface area contributed by atoms with Crippen molar-refractivity contribution in [1.82, 2.24) is 0 Å². The van der Waals surface area contributed by atoms with Crippen LogP contribution in [0.15, 0.2) is 48.6 Å². The number of allylic oxidation sites excluding steroid dienone is 8. The molecule has 0 amide bonds. The van der Waals surface area contributed by atoms with Gasteiger partial charge in [-0.3, -0.25) is 23.4 Å². The Kier molecular flexibility index (Phi) is 51.8. The Hall–Kier alpha value is -2.56. The van der Waals surface area contributed by atoms with Crippen molar-refractivity contribution >= 4 is 25.7 Å². The lowest BCUT2D eigenvalue weighted by Gasteiger charge is -2.20. The van der Waals surface area contributed by atoms with E-state index in [9.17, 15) is 23.8 Å². The van der Waals surface area contributed by atoms with Crippen LogP contribution in [0.2, 0.25) is 0 Å². The molecule has 0 aromatic rings. The fraction of sp³-hybridized carbons (Fsp3) is 0.814. The standard InChI is InChI=1S/C59H108NO10P/c1-3-5-7-9-11-13-15-17-19-21-23-25-27-29-30-32-34-36-38-40-42-44-46-48-50-57(61)67-52-55(53-68-71(65,66)69-54-56(60)59(63)64)70-58(62)51-49-47-45-43-41-39-37-35-33-31-28-26-24-22-20-18-16-14-12-10-8-6-4-2/h6,8,12,14,18,20,24,26,55-56H,3-5,7,9-11,13,15-17,19,21-23,25,27-54,60H2,1-2H3,(H,63,64)(H,65,66)/b8-6-,14-12-,20-18-,26-24-. The average molecular weight is 1020 g/mol.